The first kappa shape index (κ1) is 22.7. The molecule has 0 aliphatic carbocycles. The topological polar surface area (TPSA) is 67.8 Å². The SMILES string of the molecule is CCOc1cccc(OCC(=O)N2CCN(c3ccc(-c4cccc5ccccc45)nn3)CC2)c1. The third-order valence-electron chi connectivity index (χ3n) is 6.15. The molecular formula is C28H28N4O3. The van der Waals surface area contributed by atoms with Gasteiger partial charge in [0.1, 0.15) is 11.5 Å². The van der Waals surface area contributed by atoms with E-state index in [1.807, 2.05) is 60.4 Å². The lowest BCUT2D eigenvalue weighted by Gasteiger charge is -2.35. The fourth-order valence-corrected chi connectivity index (χ4v) is 4.33. The Labute approximate surface area is 204 Å². The van der Waals surface area contributed by atoms with Gasteiger partial charge < -0.3 is 19.3 Å². The monoisotopic (exact) mass is 468 g/mol. The van der Waals surface area contributed by atoms with Gasteiger partial charge in [-0.1, -0.05) is 48.5 Å². The zero-order valence-corrected chi connectivity index (χ0v) is 19.8. The Bertz CT molecular complexity index is 1300. The summed E-state index contributed by atoms with van der Waals surface area (Å²) in [5.74, 6) is 2.16. The van der Waals surface area contributed by atoms with Crippen molar-refractivity contribution in [2.24, 2.45) is 0 Å². The molecule has 7 heteroatoms. The van der Waals surface area contributed by atoms with E-state index in [0.29, 0.717) is 38.5 Å². The highest BCUT2D eigenvalue weighted by Gasteiger charge is 2.22. The van der Waals surface area contributed by atoms with Crippen LogP contribution in [-0.2, 0) is 4.79 Å². The van der Waals surface area contributed by atoms with Crippen LogP contribution in [0.1, 0.15) is 6.92 Å². The number of rotatable bonds is 7. The second-order valence-electron chi connectivity index (χ2n) is 8.37. The van der Waals surface area contributed by atoms with E-state index in [4.69, 9.17) is 9.47 Å². The fourth-order valence-electron chi connectivity index (χ4n) is 4.33. The number of carbonyl (C=O) groups is 1. The molecule has 0 radical (unpaired) electrons. The highest BCUT2D eigenvalue weighted by atomic mass is 16.5. The van der Waals surface area contributed by atoms with Gasteiger partial charge >= 0.3 is 0 Å². The van der Waals surface area contributed by atoms with E-state index in [0.717, 1.165) is 28.2 Å². The summed E-state index contributed by atoms with van der Waals surface area (Å²) in [5.41, 5.74) is 1.93. The molecule has 0 bridgehead atoms. The standard InChI is InChI=1S/C28H28N4O3/c1-2-34-22-9-6-10-23(19-22)35-20-28(33)32-17-15-31(16-18-32)27-14-13-26(29-30-27)25-12-5-8-21-7-3-4-11-24(21)25/h3-14,19H,2,15-18,20H2,1H3. The van der Waals surface area contributed by atoms with Crippen molar-refractivity contribution in [3.05, 3.63) is 78.9 Å². The first-order valence-electron chi connectivity index (χ1n) is 11.9. The number of aromatic nitrogens is 2. The average Bonchev–Trinajstić information content (AvgIpc) is 2.92. The van der Waals surface area contributed by atoms with Crippen LogP contribution in [0.3, 0.4) is 0 Å². The number of piperazine rings is 1. The van der Waals surface area contributed by atoms with Gasteiger partial charge in [-0.25, -0.2) is 0 Å². The van der Waals surface area contributed by atoms with Crippen LogP contribution in [0.5, 0.6) is 11.5 Å². The fraction of sp³-hybridized carbons (Fsp3) is 0.250. The molecule has 7 nitrogen and oxygen atoms in total. The molecule has 1 fully saturated rings. The largest absolute Gasteiger partial charge is 0.494 e. The number of fused-ring (bicyclic) bond motifs is 1. The van der Waals surface area contributed by atoms with Crippen LogP contribution in [0.4, 0.5) is 5.82 Å². The molecule has 3 aromatic carbocycles. The van der Waals surface area contributed by atoms with Crippen LogP contribution in [-0.4, -0.2) is 60.4 Å². The van der Waals surface area contributed by atoms with Gasteiger partial charge in [-0.3, -0.25) is 4.79 Å². The van der Waals surface area contributed by atoms with Gasteiger partial charge in [-0.15, -0.1) is 10.2 Å². The summed E-state index contributed by atoms with van der Waals surface area (Å²) >= 11 is 0. The smallest absolute Gasteiger partial charge is 0.260 e. The van der Waals surface area contributed by atoms with Gasteiger partial charge in [0.25, 0.3) is 5.91 Å². The Morgan fingerprint density at radius 1 is 0.829 bits per heavy atom. The molecule has 1 aliphatic heterocycles. The molecular weight excluding hydrogens is 440 g/mol. The summed E-state index contributed by atoms with van der Waals surface area (Å²) in [6, 6.07) is 25.9. The molecule has 1 amide bonds. The van der Waals surface area contributed by atoms with Gasteiger partial charge in [0, 0.05) is 37.8 Å². The van der Waals surface area contributed by atoms with Crippen LogP contribution in [0.25, 0.3) is 22.0 Å². The summed E-state index contributed by atoms with van der Waals surface area (Å²) in [7, 11) is 0. The minimum atomic E-state index is -0.0242. The zero-order valence-electron chi connectivity index (χ0n) is 19.8. The normalized spacial score (nSPS) is 13.6. The number of carbonyl (C=O) groups excluding carboxylic acids is 1. The number of ether oxygens (including phenoxy) is 2. The Morgan fingerprint density at radius 2 is 1.57 bits per heavy atom. The summed E-state index contributed by atoms with van der Waals surface area (Å²) in [6.07, 6.45) is 0. The lowest BCUT2D eigenvalue weighted by Crippen LogP contribution is -2.50. The minimum absolute atomic E-state index is 0.00904. The third-order valence-corrected chi connectivity index (χ3v) is 6.15. The maximum Gasteiger partial charge on any atom is 0.260 e. The molecule has 178 valence electrons. The van der Waals surface area contributed by atoms with Gasteiger partial charge in [0.15, 0.2) is 12.4 Å². The summed E-state index contributed by atoms with van der Waals surface area (Å²) in [6.45, 7) is 5.17. The maximum absolute atomic E-state index is 12.7. The van der Waals surface area contributed by atoms with Crippen molar-refractivity contribution in [2.75, 3.05) is 44.3 Å². The number of hydrogen-bond donors (Lipinski definition) is 0. The maximum atomic E-state index is 12.7. The number of anilines is 1. The zero-order chi connectivity index (χ0) is 24.0. The van der Waals surface area contributed by atoms with Crippen LogP contribution < -0.4 is 14.4 Å². The summed E-state index contributed by atoms with van der Waals surface area (Å²) in [4.78, 5) is 16.7. The lowest BCUT2D eigenvalue weighted by molar-refractivity contribution is -0.133. The highest BCUT2D eigenvalue weighted by molar-refractivity contribution is 5.95. The van der Waals surface area contributed by atoms with Gasteiger partial charge in [-0.05, 0) is 42.0 Å². The molecule has 0 atom stereocenters. The highest BCUT2D eigenvalue weighted by Crippen LogP contribution is 2.27. The molecule has 1 aliphatic rings. The van der Waals surface area contributed by atoms with Crippen LogP contribution in [0.15, 0.2) is 78.9 Å². The molecule has 1 aromatic heterocycles. The van der Waals surface area contributed by atoms with E-state index < -0.39 is 0 Å². The molecule has 2 heterocycles. The first-order valence-corrected chi connectivity index (χ1v) is 11.9. The molecule has 0 spiro atoms. The summed E-state index contributed by atoms with van der Waals surface area (Å²) in [5, 5.41) is 11.3. The molecule has 0 unspecified atom stereocenters. The van der Waals surface area contributed by atoms with Crippen molar-refractivity contribution >= 4 is 22.5 Å². The van der Waals surface area contributed by atoms with Gasteiger partial charge in [0.2, 0.25) is 0 Å². The molecule has 1 saturated heterocycles. The third kappa shape index (κ3) is 5.19. The quantitative estimate of drug-likeness (QED) is 0.400. The minimum Gasteiger partial charge on any atom is -0.494 e. The van der Waals surface area contributed by atoms with Gasteiger partial charge in [-0.2, -0.15) is 0 Å². The molecule has 0 N–H and O–H groups in total. The first-order chi connectivity index (χ1) is 17.2. The van der Waals surface area contributed by atoms with Crippen molar-refractivity contribution in [2.45, 2.75) is 6.92 Å². The molecule has 35 heavy (non-hydrogen) atoms. The molecule has 4 aromatic rings. The van der Waals surface area contributed by atoms with E-state index in [2.05, 4.69) is 39.4 Å². The molecule has 0 saturated carbocycles. The van der Waals surface area contributed by atoms with E-state index in [1.54, 1.807) is 6.07 Å². The second-order valence-corrected chi connectivity index (χ2v) is 8.37. The van der Waals surface area contributed by atoms with Crippen molar-refractivity contribution in [1.82, 2.24) is 15.1 Å². The van der Waals surface area contributed by atoms with Crippen LogP contribution in [0.2, 0.25) is 0 Å². The summed E-state index contributed by atoms with van der Waals surface area (Å²) < 4.78 is 11.2. The van der Waals surface area contributed by atoms with Crippen molar-refractivity contribution in [1.29, 1.82) is 0 Å². The number of hydrogen-bond acceptors (Lipinski definition) is 6. The number of benzene rings is 3. The van der Waals surface area contributed by atoms with E-state index >= 15 is 0 Å². The second kappa shape index (κ2) is 10.4. The number of amides is 1. The Hall–Kier alpha value is -4.13. The Balaban J connectivity index is 1.17. The van der Waals surface area contributed by atoms with Crippen LogP contribution >= 0.6 is 0 Å². The van der Waals surface area contributed by atoms with Crippen LogP contribution in [0, 0.1) is 0 Å². The number of nitrogens with zero attached hydrogens (tertiary/aromatic N) is 4. The Morgan fingerprint density at radius 3 is 2.34 bits per heavy atom. The van der Waals surface area contributed by atoms with Gasteiger partial charge in [0.05, 0.1) is 12.3 Å². The van der Waals surface area contributed by atoms with E-state index in [1.165, 1.54) is 5.39 Å². The average molecular weight is 469 g/mol. The predicted octanol–water partition coefficient (Wildman–Crippen LogP) is 4.42. The molecule has 5 rings (SSSR count). The van der Waals surface area contributed by atoms with Crippen molar-refractivity contribution in [3.8, 4) is 22.8 Å². The Kier molecular flexibility index (Phi) is 6.75. The lowest BCUT2D eigenvalue weighted by atomic mass is 10.0. The van der Waals surface area contributed by atoms with Crippen molar-refractivity contribution < 1.29 is 14.3 Å². The van der Waals surface area contributed by atoms with Crippen molar-refractivity contribution in [3.63, 3.8) is 0 Å². The predicted molar refractivity (Wildman–Crippen MR) is 137 cm³/mol. The van der Waals surface area contributed by atoms with E-state index in [9.17, 15) is 4.79 Å². The van der Waals surface area contributed by atoms with E-state index in [-0.39, 0.29) is 12.5 Å².